The molecule has 3 aliphatic carbocycles. The van der Waals surface area contributed by atoms with Gasteiger partial charge in [0.15, 0.2) is 27.3 Å². The molecular weight excluding hydrogens is 591 g/mol. The van der Waals surface area contributed by atoms with Crippen LogP contribution in [0.15, 0.2) is 35.2 Å². The number of hydrogen-bond donors (Lipinski definition) is 4. The molecule has 2 aromatic rings. The van der Waals surface area contributed by atoms with Gasteiger partial charge >= 0.3 is 6.09 Å². The number of ether oxygens (including phenoxy) is 1. The quantitative estimate of drug-likeness (QED) is 0.316. The van der Waals surface area contributed by atoms with E-state index in [0.717, 1.165) is 6.07 Å². The lowest BCUT2D eigenvalue weighted by molar-refractivity contribution is -0.174. The zero-order valence-electron chi connectivity index (χ0n) is 21.7. The standard InChI is InChI=1S/C26H27ClF3N3O7S/c1-40-25(36)31-5-4-22(34)32-12-26(37)14-7-15(26)9-17(8-14)41(38,39)21-6-13(2-3-18(21)27)24(35)33-16-10-19(28)23(30)20(29)11-16/h2-3,6,10-11,14-15,17,37H,4-5,7-9,12H2,1H3,(H,31,36)(H,32,34)(H,33,35)/t14?,15?,17-,26-. The van der Waals surface area contributed by atoms with Crippen molar-refractivity contribution in [1.82, 2.24) is 10.6 Å². The molecule has 10 nitrogen and oxygen atoms in total. The Labute approximate surface area is 238 Å². The molecule has 3 saturated carbocycles. The summed E-state index contributed by atoms with van der Waals surface area (Å²) in [6.45, 7) is -0.0349. The Bertz CT molecular complexity index is 1460. The number of methoxy groups -OCH3 is 1. The van der Waals surface area contributed by atoms with E-state index in [1.165, 1.54) is 19.2 Å². The van der Waals surface area contributed by atoms with Crippen molar-refractivity contribution in [2.24, 2.45) is 11.8 Å². The molecule has 2 atom stereocenters. The number of carbonyl (C=O) groups is 3. The lowest BCUT2D eigenvalue weighted by Gasteiger charge is -2.58. The molecule has 4 N–H and O–H groups in total. The summed E-state index contributed by atoms with van der Waals surface area (Å²) in [4.78, 5) is 35.6. The van der Waals surface area contributed by atoms with Crippen LogP contribution in [0.3, 0.4) is 0 Å². The monoisotopic (exact) mass is 617 g/mol. The second-order valence-corrected chi connectivity index (χ2v) is 12.7. The third-order valence-electron chi connectivity index (χ3n) is 7.63. The van der Waals surface area contributed by atoms with Gasteiger partial charge in [0.25, 0.3) is 5.91 Å². The minimum Gasteiger partial charge on any atom is -0.453 e. The number of anilines is 1. The molecular formula is C26H27ClF3N3O7S. The summed E-state index contributed by atoms with van der Waals surface area (Å²) in [6.07, 6.45) is 0.0438. The van der Waals surface area contributed by atoms with Crippen LogP contribution in [-0.2, 0) is 19.4 Å². The van der Waals surface area contributed by atoms with Crippen LogP contribution in [0.25, 0.3) is 0 Å². The van der Waals surface area contributed by atoms with Crippen LogP contribution in [-0.4, -0.2) is 62.5 Å². The average Bonchev–Trinajstić information content (AvgIpc) is 2.94. The molecule has 2 aromatic carbocycles. The lowest BCUT2D eigenvalue weighted by Crippen LogP contribution is -2.66. The van der Waals surface area contributed by atoms with Gasteiger partial charge in [0.2, 0.25) is 5.91 Å². The smallest absolute Gasteiger partial charge is 0.406 e. The van der Waals surface area contributed by atoms with Crippen LogP contribution in [0.1, 0.15) is 36.0 Å². The Morgan fingerprint density at radius 3 is 2.29 bits per heavy atom. The van der Waals surface area contributed by atoms with E-state index in [0.29, 0.717) is 18.6 Å². The van der Waals surface area contributed by atoms with E-state index in [2.05, 4.69) is 20.7 Å². The van der Waals surface area contributed by atoms with Crippen LogP contribution < -0.4 is 16.0 Å². The number of halogens is 4. The fourth-order valence-corrected chi connectivity index (χ4v) is 7.75. The van der Waals surface area contributed by atoms with E-state index < -0.39 is 67.9 Å². The molecule has 0 radical (unpaired) electrons. The van der Waals surface area contributed by atoms with Crippen molar-refractivity contribution in [2.45, 2.75) is 41.4 Å². The molecule has 5 rings (SSSR count). The molecule has 0 spiro atoms. The van der Waals surface area contributed by atoms with Crippen LogP contribution in [0.4, 0.5) is 23.7 Å². The molecule has 0 saturated heterocycles. The largest absolute Gasteiger partial charge is 0.453 e. The summed E-state index contributed by atoms with van der Waals surface area (Å²) >= 11 is 6.20. The van der Waals surface area contributed by atoms with Gasteiger partial charge in [-0.15, -0.1) is 0 Å². The molecule has 3 fully saturated rings. The number of amides is 3. The number of alkyl carbamates (subject to hydrolysis) is 1. The van der Waals surface area contributed by atoms with E-state index in [1.54, 1.807) is 0 Å². The lowest BCUT2D eigenvalue weighted by atomic mass is 9.53. The zero-order valence-corrected chi connectivity index (χ0v) is 23.3. The molecule has 2 bridgehead atoms. The first-order valence-electron chi connectivity index (χ1n) is 12.6. The second-order valence-electron chi connectivity index (χ2n) is 10.1. The number of aliphatic hydroxyl groups is 1. The average molecular weight is 618 g/mol. The Morgan fingerprint density at radius 1 is 1.05 bits per heavy atom. The van der Waals surface area contributed by atoms with Crippen molar-refractivity contribution >= 4 is 45.0 Å². The molecule has 222 valence electrons. The molecule has 15 heteroatoms. The summed E-state index contributed by atoms with van der Waals surface area (Å²) in [5.41, 5.74) is -1.83. The Balaban J connectivity index is 1.41. The van der Waals surface area contributed by atoms with Gasteiger partial charge in [-0.3, -0.25) is 9.59 Å². The van der Waals surface area contributed by atoms with Crippen molar-refractivity contribution in [3.05, 3.63) is 58.4 Å². The number of fused-ring (bicyclic) bond motifs is 2. The highest BCUT2D eigenvalue weighted by Gasteiger charge is 2.60. The van der Waals surface area contributed by atoms with E-state index in [-0.39, 0.29) is 53.5 Å². The van der Waals surface area contributed by atoms with Gasteiger partial charge in [-0.1, -0.05) is 11.6 Å². The minimum absolute atomic E-state index is 0.0367. The number of nitrogens with one attached hydrogen (secondary N) is 3. The van der Waals surface area contributed by atoms with Crippen LogP contribution in [0.5, 0.6) is 0 Å². The third kappa shape index (κ3) is 6.28. The molecule has 2 unspecified atom stereocenters. The Kier molecular flexibility index (Phi) is 8.85. The summed E-state index contributed by atoms with van der Waals surface area (Å²) < 4.78 is 71.8. The maximum absolute atomic E-state index is 13.6. The number of hydrogen-bond acceptors (Lipinski definition) is 7. The topological polar surface area (TPSA) is 151 Å². The second kappa shape index (κ2) is 11.9. The summed E-state index contributed by atoms with van der Waals surface area (Å²) in [5.74, 6) is -6.85. The molecule has 0 aliphatic heterocycles. The summed E-state index contributed by atoms with van der Waals surface area (Å²) in [5, 5.41) is 17.3. The van der Waals surface area contributed by atoms with Gasteiger partial charge in [0, 0.05) is 42.9 Å². The minimum atomic E-state index is -4.08. The fourth-order valence-electron chi connectivity index (χ4n) is 5.35. The fraction of sp³-hybridized carbons (Fsp3) is 0.423. The predicted molar refractivity (Wildman–Crippen MR) is 141 cm³/mol. The first kappa shape index (κ1) is 30.6. The van der Waals surface area contributed by atoms with Gasteiger partial charge in [-0.05, 0) is 49.3 Å². The summed E-state index contributed by atoms with van der Waals surface area (Å²) in [6, 6.07) is 4.66. The molecule has 3 amide bonds. The summed E-state index contributed by atoms with van der Waals surface area (Å²) in [7, 11) is -2.89. The molecule has 3 aliphatic rings. The highest BCUT2D eigenvalue weighted by atomic mass is 35.5. The van der Waals surface area contributed by atoms with Gasteiger partial charge in [0.1, 0.15) is 0 Å². The normalized spacial score (nSPS) is 23.2. The maximum atomic E-state index is 13.6. The van der Waals surface area contributed by atoms with Crippen molar-refractivity contribution in [3.63, 3.8) is 0 Å². The van der Waals surface area contributed by atoms with Crippen molar-refractivity contribution in [3.8, 4) is 0 Å². The van der Waals surface area contributed by atoms with E-state index >= 15 is 0 Å². The Morgan fingerprint density at radius 2 is 1.68 bits per heavy atom. The van der Waals surface area contributed by atoms with E-state index in [1.807, 2.05) is 0 Å². The van der Waals surface area contributed by atoms with Crippen LogP contribution in [0.2, 0.25) is 5.02 Å². The third-order valence-corrected chi connectivity index (χ3v) is 10.3. The van der Waals surface area contributed by atoms with Crippen molar-refractivity contribution in [1.29, 1.82) is 0 Å². The van der Waals surface area contributed by atoms with E-state index in [4.69, 9.17) is 11.6 Å². The SMILES string of the molecule is COC(=O)NCCC(=O)NC[C@]1(O)C2CC1C[C@@H](S(=O)(=O)c1cc(C(=O)Nc3cc(F)c(F)c(F)c3)ccc1Cl)C2. The van der Waals surface area contributed by atoms with Crippen LogP contribution >= 0.6 is 11.6 Å². The highest BCUT2D eigenvalue weighted by molar-refractivity contribution is 7.92. The Hall–Kier alpha value is -3.36. The van der Waals surface area contributed by atoms with Gasteiger partial charge in [0.05, 0.1) is 27.9 Å². The first-order valence-corrected chi connectivity index (χ1v) is 14.5. The highest BCUT2D eigenvalue weighted by Crippen LogP contribution is 2.55. The molecule has 0 aromatic heterocycles. The van der Waals surface area contributed by atoms with E-state index in [9.17, 15) is 41.1 Å². The molecule has 0 heterocycles. The molecule has 41 heavy (non-hydrogen) atoms. The number of rotatable bonds is 9. The van der Waals surface area contributed by atoms with Gasteiger partial charge < -0.3 is 25.8 Å². The predicted octanol–water partition coefficient (Wildman–Crippen LogP) is 3.18. The van der Waals surface area contributed by atoms with Gasteiger partial charge in [-0.25, -0.2) is 26.4 Å². The zero-order chi connectivity index (χ0) is 30.1. The van der Waals surface area contributed by atoms with Crippen LogP contribution in [0, 0.1) is 29.3 Å². The number of benzene rings is 2. The van der Waals surface area contributed by atoms with Gasteiger partial charge in [-0.2, -0.15) is 0 Å². The number of carbonyl (C=O) groups excluding carboxylic acids is 3. The van der Waals surface area contributed by atoms with Crippen molar-refractivity contribution < 1.29 is 45.8 Å². The first-order chi connectivity index (χ1) is 19.3. The van der Waals surface area contributed by atoms with Crippen molar-refractivity contribution in [2.75, 3.05) is 25.5 Å². The maximum Gasteiger partial charge on any atom is 0.406 e. The number of sulfone groups is 1.